The summed E-state index contributed by atoms with van der Waals surface area (Å²) in [6.07, 6.45) is 1.83. The molecule has 0 spiro atoms. The maximum Gasteiger partial charge on any atom is 0.331 e. The minimum atomic E-state index is -0.937. The van der Waals surface area contributed by atoms with Gasteiger partial charge in [-0.15, -0.1) is 0 Å². The highest BCUT2D eigenvalue weighted by Gasteiger charge is 2.18. The Kier molecular flexibility index (Phi) is 6.44. The molecular weight excluding hydrogens is 366 g/mol. The van der Waals surface area contributed by atoms with E-state index in [0.717, 1.165) is 22.4 Å². The number of amides is 1. The van der Waals surface area contributed by atoms with Crippen LogP contribution in [0.1, 0.15) is 34.9 Å². The van der Waals surface area contributed by atoms with E-state index in [-0.39, 0.29) is 5.91 Å². The van der Waals surface area contributed by atoms with Crippen LogP contribution >= 0.6 is 11.6 Å². The van der Waals surface area contributed by atoms with E-state index in [1.165, 1.54) is 23.8 Å². The predicted octanol–water partition coefficient (Wildman–Crippen LogP) is 3.89. The van der Waals surface area contributed by atoms with Crippen LogP contribution in [0.3, 0.4) is 0 Å². The molecule has 0 radical (unpaired) electrons. The zero-order valence-electron chi connectivity index (χ0n) is 16.4. The molecule has 1 aromatic carbocycles. The summed E-state index contributed by atoms with van der Waals surface area (Å²) in [5, 5.41) is 7.42. The molecule has 1 amide bonds. The Morgan fingerprint density at radius 3 is 2.33 bits per heavy atom. The van der Waals surface area contributed by atoms with Crippen molar-refractivity contribution >= 4 is 35.2 Å². The van der Waals surface area contributed by atoms with Crippen LogP contribution in [0.15, 0.2) is 18.2 Å². The maximum atomic E-state index is 12.4. The molecule has 1 aromatic heterocycles. The van der Waals surface area contributed by atoms with Crippen LogP contribution in [0.25, 0.3) is 6.08 Å². The summed E-state index contributed by atoms with van der Waals surface area (Å²) in [4.78, 5) is 24.4. The number of ether oxygens (including phenoxy) is 1. The molecule has 1 N–H and O–H groups in total. The normalized spacial score (nSPS) is 12.3. The van der Waals surface area contributed by atoms with Gasteiger partial charge in [-0.3, -0.25) is 9.48 Å². The third kappa shape index (κ3) is 4.98. The van der Waals surface area contributed by atoms with Gasteiger partial charge in [-0.25, -0.2) is 4.79 Å². The molecule has 0 fully saturated rings. The van der Waals surface area contributed by atoms with Crippen LogP contribution < -0.4 is 5.32 Å². The van der Waals surface area contributed by atoms with Gasteiger partial charge in [0.15, 0.2) is 6.10 Å². The third-order valence-corrected chi connectivity index (χ3v) is 4.62. The molecule has 1 atom stereocenters. The topological polar surface area (TPSA) is 73.2 Å². The summed E-state index contributed by atoms with van der Waals surface area (Å²) < 4.78 is 6.71. The number of anilines is 1. The Morgan fingerprint density at radius 1 is 1.22 bits per heavy atom. The minimum absolute atomic E-state index is 0.387. The number of hydrogen-bond donors (Lipinski definition) is 1. The molecule has 1 unspecified atom stereocenters. The fraction of sp³-hybridized carbons (Fsp3) is 0.350. The lowest BCUT2D eigenvalue weighted by molar-refractivity contribution is -0.148. The number of aryl methyl sites for hydroxylation is 5. The third-order valence-electron chi connectivity index (χ3n) is 4.17. The van der Waals surface area contributed by atoms with Crippen molar-refractivity contribution in [1.82, 2.24) is 9.78 Å². The molecule has 27 heavy (non-hydrogen) atoms. The van der Waals surface area contributed by atoms with Crippen LogP contribution in [0, 0.1) is 27.7 Å². The first-order valence-corrected chi connectivity index (χ1v) is 8.94. The lowest BCUT2D eigenvalue weighted by atomic mass is 10.0. The van der Waals surface area contributed by atoms with E-state index in [1.807, 2.05) is 32.9 Å². The number of benzene rings is 1. The van der Waals surface area contributed by atoms with Gasteiger partial charge in [0, 0.05) is 24.4 Å². The van der Waals surface area contributed by atoms with Crippen molar-refractivity contribution in [3.05, 3.63) is 51.3 Å². The highest BCUT2D eigenvalue weighted by Crippen LogP contribution is 2.22. The SMILES string of the molecule is Cc1cc(C)c(NC(=O)C(C)OC(=O)/C=C/c2c(C)nn(C)c2Cl)c(C)c1. The lowest BCUT2D eigenvalue weighted by Crippen LogP contribution is -2.30. The molecular formula is C20H24ClN3O3. The molecule has 0 aliphatic carbocycles. The number of carbonyl (C=O) groups is 2. The Balaban J connectivity index is 2.02. The number of esters is 1. The van der Waals surface area contributed by atoms with E-state index in [9.17, 15) is 9.59 Å². The lowest BCUT2D eigenvalue weighted by Gasteiger charge is -2.16. The summed E-state index contributed by atoms with van der Waals surface area (Å²) in [6.45, 7) is 9.17. The van der Waals surface area contributed by atoms with Gasteiger partial charge >= 0.3 is 5.97 Å². The van der Waals surface area contributed by atoms with Gasteiger partial charge in [0.1, 0.15) is 5.15 Å². The molecule has 7 heteroatoms. The highest BCUT2D eigenvalue weighted by atomic mass is 35.5. The zero-order valence-corrected chi connectivity index (χ0v) is 17.1. The first-order valence-electron chi connectivity index (χ1n) is 8.56. The predicted molar refractivity (Wildman–Crippen MR) is 107 cm³/mol. The smallest absolute Gasteiger partial charge is 0.331 e. The second kappa shape index (κ2) is 8.39. The molecule has 6 nitrogen and oxygen atoms in total. The van der Waals surface area contributed by atoms with Crippen molar-refractivity contribution < 1.29 is 14.3 Å². The maximum absolute atomic E-state index is 12.4. The molecule has 0 aliphatic rings. The number of nitrogens with zero attached hydrogens (tertiary/aromatic N) is 2. The largest absolute Gasteiger partial charge is 0.449 e. The summed E-state index contributed by atoms with van der Waals surface area (Å²) in [5.41, 5.74) is 5.11. The van der Waals surface area contributed by atoms with Gasteiger partial charge in [-0.2, -0.15) is 5.10 Å². The summed E-state index contributed by atoms with van der Waals surface area (Å²) in [7, 11) is 1.71. The molecule has 0 bridgehead atoms. The Hall–Kier alpha value is -2.60. The van der Waals surface area contributed by atoms with E-state index in [1.54, 1.807) is 14.0 Å². The second-order valence-corrected chi connectivity index (χ2v) is 6.95. The fourth-order valence-electron chi connectivity index (χ4n) is 2.86. The first kappa shape index (κ1) is 20.7. The first-order chi connectivity index (χ1) is 12.6. The van der Waals surface area contributed by atoms with Crippen LogP contribution in [0.2, 0.25) is 5.15 Å². The van der Waals surface area contributed by atoms with E-state index in [2.05, 4.69) is 10.4 Å². The van der Waals surface area contributed by atoms with Gasteiger partial charge in [-0.05, 0) is 51.8 Å². The molecule has 1 heterocycles. The second-order valence-electron chi connectivity index (χ2n) is 6.59. The molecule has 2 aromatic rings. The number of hydrogen-bond acceptors (Lipinski definition) is 4. The van der Waals surface area contributed by atoms with E-state index < -0.39 is 12.1 Å². The van der Waals surface area contributed by atoms with Gasteiger partial charge in [0.25, 0.3) is 5.91 Å². The summed E-state index contributed by atoms with van der Waals surface area (Å²) in [5.74, 6) is -1.02. The van der Waals surface area contributed by atoms with Crippen molar-refractivity contribution in [1.29, 1.82) is 0 Å². The number of halogens is 1. The summed E-state index contributed by atoms with van der Waals surface area (Å²) >= 11 is 6.12. The van der Waals surface area contributed by atoms with Crippen LogP contribution in [-0.4, -0.2) is 27.8 Å². The van der Waals surface area contributed by atoms with Gasteiger partial charge < -0.3 is 10.1 Å². The number of aromatic nitrogens is 2. The highest BCUT2D eigenvalue weighted by molar-refractivity contribution is 6.31. The molecule has 144 valence electrons. The molecule has 0 saturated carbocycles. The fourth-order valence-corrected chi connectivity index (χ4v) is 3.09. The van der Waals surface area contributed by atoms with Crippen molar-refractivity contribution in [2.24, 2.45) is 7.05 Å². The van der Waals surface area contributed by atoms with Crippen molar-refractivity contribution in [3.8, 4) is 0 Å². The molecule has 0 saturated heterocycles. The van der Waals surface area contributed by atoms with Gasteiger partial charge in [-0.1, -0.05) is 29.3 Å². The molecule has 0 aliphatic heterocycles. The standard InChI is InChI=1S/C20H24ClN3O3/c1-11-9-12(2)18(13(3)10-11)22-20(26)15(5)27-17(25)8-7-16-14(4)23-24(6)19(16)21/h7-10,15H,1-6H3,(H,22,26)/b8-7+. The van der Waals surface area contributed by atoms with Crippen molar-refractivity contribution in [3.63, 3.8) is 0 Å². The Morgan fingerprint density at radius 2 is 1.81 bits per heavy atom. The average Bonchev–Trinajstić information content (AvgIpc) is 2.81. The van der Waals surface area contributed by atoms with E-state index in [0.29, 0.717) is 16.4 Å². The van der Waals surface area contributed by atoms with Crippen molar-refractivity contribution in [2.45, 2.75) is 40.7 Å². The van der Waals surface area contributed by atoms with Crippen molar-refractivity contribution in [2.75, 3.05) is 5.32 Å². The van der Waals surface area contributed by atoms with E-state index in [4.69, 9.17) is 16.3 Å². The number of rotatable bonds is 5. The Bertz CT molecular complexity index is 892. The average molecular weight is 390 g/mol. The Labute approximate surface area is 164 Å². The van der Waals surface area contributed by atoms with Crippen LogP contribution in [0.5, 0.6) is 0 Å². The molecule has 2 rings (SSSR count). The van der Waals surface area contributed by atoms with Crippen LogP contribution in [-0.2, 0) is 21.4 Å². The summed E-state index contributed by atoms with van der Waals surface area (Å²) in [6, 6.07) is 3.98. The van der Waals surface area contributed by atoms with E-state index >= 15 is 0 Å². The zero-order chi connectivity index (χ0) is 20.3. The monoisotopic (exact) mass is 389 g/mol. The number of carbonyl (C=O) groups excluding carboxylic acids is 2. The van der Waals surface area contributed by atoms with Gasteiger partial charge in [0.05, 0.1) is 5.69 Å². The quantitative estimate of drug-likeness (QED) is 0.622. The van der Waals surface area contributed by atoms with Crippen LogP contribution in [0.4, 0.5) is 5.69 Å². The minimum Gasteiger partial charge on any atom is -0.449 e. The van der Waals surface area contributed by atoms with Gasteiger partial charge in [0.2, 0.25) is 0 Å². The number of nitrogens with one attached hydrogen (secondary N) is 1.